The molecule has 0 aliphatic rings. The smallest absolute Gasteiger partial charge is 0.140 e. The van der Waals surface area contributed by atoms with E-state index >= 15 is 0 Å². The van der Waals surface area contributed by atoms with Crippen molar-refractivity contribution in [3.8, 4) is 39.1 Å². The van der Waals surface area contributed by atoms with Gasteiger partial charge in [-0.1, -0.05) is 131 Å². The lowest BCUT2D eigenvalue weighted by atomic mass is 9.58. The van der Waals surface area contributed by atoms with E-state index in [4.69, 9.17) is 4.98 Å². The van der Waals surface area contributed by atoms with Gasteiger partial charge in [0.05, 0.1) is 11.0 Å². The summed E-state index contributed by atoms with van der Waals surface area (Å²) in [5, 5.41) is 8.01. The Balaban J connectivity index is 1.20. The molecule has 0 amide bonds. The van der Waals surface area contributed by atoms with Gasteiger partial charge < -0.3 is 0 Å². The van der Waals surface area contributed by atoms with Crippen LogP contribution in [0.1, 0.15) is 12.7 Å². The monoisotopic (exact) mass is 684 g/mol. The van der Waals surface area contributed by atoms with E-state index in [1.165, 1.54) is 104 Å². The quantitative estimate of drug-likeness (QED) is 0.183. The first kappa shape index (κ1) is 34.2. The van der Waals surface area contributed by atoms with Crippen molar-refractivity contribution in [1.82, 2.24) is 9.55 Å². The van der Waals surface area contributed by atoms with Gasteiger partial charge in [-0.15, -0.1) is 10.9 Å². The first-order valence-corrected chi connectivity index (χ1v) is 19.3. The number of hydrogen-bond donors (Lipinski definition) is 0. The third kappa shape index (κ3) is 5.08. The second-order valence-corrected chi connectivity index (χ2v) is 15.2. The molecule has 0 atom stereocenters. The predicted molar refractivity (Wildman–Crippen MR) is 257 cm³/mol. The van der Waals surface area contributed by atoms with Crippen molar-refractivity contribution >= 4 is 137 Å². The summed E-state index contributed by atoms with van der Waals surface area (Å²) in [5.74, 6) is 1.08. The molecule has 1 heterocycles. The summed E-state index contributed by atoms with van der Waals surface area (Å²) >= 11 is 0. The average Bonchev–Trinajstić information content (AvgIpc) is 3.59. The molecule has 0 bridgehead atoms. The summed E-state index contributed by atoms with van der Waals surface area (Å²) in [5.41, 5.74) is 20.7. The fourth-order valence-electron chi connectivity index (χ4n) is 9.35. The van der Waals surface area contributed by atoms with Crippen LogP contribution in [0.25, 0.3) is 82.4 Å². The number of aromatic nitrogens is 2. The molecule has 9 heteroatoms. The highest BCUT2D eigenvalue weighted by Crippen LogP contribution is 2.43. The normalized spacial score (nSPS) is 11.6. The molecular weight excluding hydrogens is 644 g/mol. The van der Waals surface area contributed by atoms with Gasteiger partial charge in [-0.05, 0) is 90.0 Å². The highest BCUT2D eigenvalue weighted by atomic mass is 15.1. The highest BCUT2D eigenvalue weighted by Gasteiger charge is 2.23. The Kier molecular flexibility index (Phi) is 8.30. The zero-order valence-corrected chi connectivity index (χ0v) is 32.6. The zero-order chi connectivity index (χ0) is 37.4. The average molecular weight is 684 g/mol. The van der Waals surface area contributed by atoms with Gasteiger partial charge in [-0.2, -0.15) is 0 Å². The second kappa shape index (κ2) is 13.1. The Bertz CT molecular complexity index is 2930. The first-order valence-electron chi connectivity index (χ1n) is 19.3. The van der Waals surface area contributed by atoms with Crippen molar-refractivity contribution in [1.29, 1.82) is 0 Å². The highest BCUT2D eigenvalue weighted by molar-refractivity contribution is 6.72. The van der Waals surface area contributed by atoms with E-state index in [1.807, 2.05) is 0 Å². The van der Waals surface area contributed by atoms with Crippen molar-refractivity contribution in [2.45, 2.75) is 13.3 Å². The molecule has 0 spiro atoms. The summed E-state index contributed by atoms with van der Waals surface area (Å²) in [4.78, 5) is 4.89. The van der Waals surface area contributed by atoms with Crippen molar-refractivity contribution in [2.75, 3.05) is 0 Å². The number of fused-ring (bicyclic) bond motifs is 4. The van der Waals surface area contributed by atoms with Crippen LogP contribution in [-0.2, 0) is 6.42 Å². The van der Waals surface area contributed by atoms with Gasteiger partial charge in [0.25, 0.3) is 0 Å². The lowest BCUT2D eigenvalue weighted by Crippen LogP contribution is -2.52. The van der Waals surface area contributed by atoms with Gasteiger partial charge in [-0.25, -0.2) is 4.98 Å². The molecular formula is C45H39B7N2. The van der Waals surface area contributed by atoms with Crippen LogP contribution in [0.4, 0.5) is 0 Å². The summed E-state index contributed by atoms with van der Waals surface area (Å²) in [7, 11) is 16.2. The maximum Gasteiger partial charge on any atom is 0.140 e. The van der Waals surface area contributed by atoms with E-state index < -0.39 is 0 Å². The molecule has 9 aromatic rings. The van der Waals surface area contributed by atoms with Crippen LogP contribution >= 0.6 is 0 Å². The minimum absolute atomic E-state index is 0.877. The maximum absolute atomic E-state index is 4.89. The van der Waals surface area contributed by atoms with Gasteiger partial charge in [0.2, 0.25) is 0 Å². The number of nitrogens with zero attached hydrogens (tertiary/aromatic N) is 2. The zero-order valence-electron chi connectivity index (χ0n) is 32.6. The van der Waals surface area contributed by atoms with Crippen molar-refractivity contribution in [3.05, 3.63) is 127 Å². The second-order valence-electron chi connectivity index (χ2n) is 15.2. The largest absolute Gasteiger partial charge is 0.296 e. The van der Waals surface area contributed by atoms with E-state index in [1.54, 1.807) is 0 Å². The Hall–Kier alpha value is -5.54. The maximum atomic E-state index is 4.89. The predicted octanol–water partition coefficient (Wildman–Crippen LogP) is -0.143. The van der Waals surface area contributed by atoms with Crippen LogP contribution in [0, 0.1) is 0 Å². The molecule has 1 aromatic heterocycles. The molecule has 8 aromatic carbocycles. The van der Waals surface area contributed by atoms with Gasteiger partial charge in [0.1, 0.15) is 60.7 Å². The Morgan fingerprint density at radius 3 is 1.43 bits per heavy atom. The lowest BCUT2D eigenvalue weighted by molar-refractivity contribution is 0.908. The third-order valence-electron chi connectivity index (χ3n) is 12.5. The Labute approximate surface area is 324 Å². The Morgan fingerprint density at radius 1 is 0.426 bits per heavy atom. The number of hydrogen-bond acceptors (Lipinski definition) is 1. The van der Waals surface area contributed by atoms with E-state index in [0.717, 1.165) is 29.0 Å². The molecule has 0 fully saturated rings. The van der Waals surface area contributed by atoms with Crippen molar-refractivity contribution in [3.63, 3.8) is 0 Å². The molecule has 0 saturated heterocycles. The van der Waals surface area contributed by atoms with Crippen LogP contribution in [0.5, 0.6) is 0 Å². The molecule has 54 heavy (non-hydrogen) atoms. The molecule has 0 unspecified atom stereocenters. The van der Waals surface area contributed by atoms with Crippen LogP contribution in [0.3, 0.4) is 0 Å². The number of aryl methyl sites for hydroxylation is 1. The molecule has 0 aliphatic carbocycles. The van der Waals surface area contributed by atoms with Crippen molar-refractivity contribution < 1.29 is 0 Å². The van der Waals surface area contributed by atoms with E-state index in [0.29, 0.717) is 0 Å². The van der Waals surface area contributed by atoms with Gasteiger partial charge in [-0.3, -0.25) is 4.57 Å². The van der Waals surface area contributed by atoms with Crippen LogP contribution in [0.2, 0.25) is 0 Å². The van der Waals surface area contributed by atoms with Gasteiger partial charge in [0.15, 0.2) is 0 Å². The lowest BCUT2D eigenvalue weighted by Gasteiger charge is -2.26. The standard InChI is InChI=1S/C45H39B7N2/c1-2-33-53-31-13-7-8-14-32(31)54(33)26-21-19-24(20-22-26)23-15-17-25(18-16-23)34-27-9-3-5-11-29(27)35(30-12-6-4-10-28(30)34)36-39(46)37-38(41(48)40(36)47)43(50)45(52)44(51)42(37)49/h3-22H,2,46-52H2,1H3. The van der Waals surface area contributed by atoms with E-state index in [9.17, 15) is 0 Å². The van der Waals surface area contributed by atoms with E-state index in [-0.39, 0.29) is 0 Å². The number of imidazole rings is 1. The van der Waals surface area contributed by atoms with Crippen molar-refractivity contribution in [2.24, 2.45) is 0 Å². The first-order chi connectivity index (χ1) is 26.2. The molecule has 0 saturated carbocycles. The fourth-order valence-corrected chi connectivity index (χ4v) is 9.35. The topological polar surface area (TPSA) is 17.8 Å². The minimum Gasteiger partial charge on any atom is -0.296 e. The summed E-state index contributed by atoms with van der Waals surface area (Å²) in [6.45, 7) is 2.17. The summed E-state index contributed by atoms with van der Waals surface area (Å²) < 4.78 is 2.29. The summed E-state index contributed by atoms with van der Waals surface area (Å²) in [6.07, 6.45) is 0.877. The Morgan fingerprint density at radius 2 is 0.870 bits per heavy atom. The SMILES string of the molecule is Bc1c(B)c(B)c2c(B)c(-c3c4ccccc4c(-c4ccc(-c5ccc(-n6c(CC)nc7ccccc76)cc5)cc4)c4ccccc34)c(B)c(B)c2c1B. The fraction of sp³-hybridized carbons (Fsp3) is 0.0444. The molecule has 9 rings (SSSR count). The summed E-state index contributed by atoms with van der Waals surface area (Å²) in [6, 6.07) is 44.6. The van der Waals surface area contributed by atoms with E-state index in [2.05, 4.69) is 188 Å². The van der Waals surface area contributed by atoms with Crippen LogP contribution in [0.15, 0.2) is 121 Å². The van der Waals surface area contributed by atoms with Gasteiger partial charge in [0, 0.05) is 12.1 Å². The molecule has 0 radical (unpaired) electrons. The number of rotatable bonds is 5. The molecule has 0 N–H and O–H groups in total. The third-order valence-corrected chi connectivity index (χ3v) is 12.5. The van der Waals surface area contributed by atoms with Crippen LogP contribution < -0.4 is 38.2 Å². The molecule has 250 valence electrons. The minimum atomic E-state index is 0.877. The number of benzene rings is 8. The molecule has 2 nitrogen and oxygen atoms in total. The van der Waals surface area contributed by atoms with Gasteiger partial charge >= 0.3 is 0 Å². The number of para-hydroxylation sites is 2. The molecule has 0 aliphatic heterocycles. The van der Waals surface area contributed by atoms with Crippen LogP contribution in [-0.4, -0.2) is 64.5 Å².